The summed E-state index contributed by atoms with van der Waals surface area (Å²) < 4.78 is 7.63. The van der Waals surface area contributed by atoms with E-state index in [4.69, 9.17) is 4.42 Å². The van der Waals surface area contributed by atoms with Crippen LogP contribution in [-0.2, 0) is 9.59 Å². The Morgan fingerprint density at radius 2 is 1.91 bits per heavy atom. The Balaban J connectivity index is 1.27. The topological polar surface area (TPSA) is 122 Å². The quantitative estimate of drug-likeness (QED) is 0.488. The van der Waals surface area contributed by atoms with Crippen molar-refractivity contribution >= 4 is 29.6 Å². The van der Waals surface area contributed by atoms with Crippen LogP contribution in [0.15, 0.2) is 28.0 Å². The van der Waals surface area contributed by atoms with Gasteiger partial charge in [-0.3, -0.25) is 19.6 Å². The molecular weight excluding hydrogens is 444 g/mol. The van der Waals surface area contributed by atoms with Gasteiger partial charge in [-0.2, -0.15) is 5.01 Å². The molecule has 1 spiro atoms. The molecule has 0 radical (unpaired) electrons. The summed E-state index contributed by atoms with van der Waals surface area (Å²) in [5.41, 5.74) is 1.62. The number of thioether (sulfide) groups is 1. The predicted molar refractivity (Wildman–Crippen MR) is 120 cm³/mol. The zero-order valence-electron chi connectivity index (χ0n) is 18.4. The van der Waals surface area contributed by atoms with Crippen LogP contribution < -0.4 is 10.7 Å². The smallest absolute Gasteiger partial charge is 0.344 e. The largest absolute Gasteiger partial charge is 0.461 e. The molecule has 2 aromatic heterocycles. The van der Waals surface area contributed by atoms with Crippen LogP contribution >= 0.6 is 11.8 Å². The number of carbonyl (C=O) groups excluding carboxylic acids is 3. The first-order chi connectivity index (χ1) is 16.1. The maximum atomic E-state index is 12.9. The van der Waals surface area contributed by atoms with Crippen LogP contribution in [0.4, 0.5) is 4.79 Å². The summed E-state index contributed by atoms with van der Waals surface area (Å²) in [7, 11) is 0. The van der Waals surface area contributed by atoms with E-state index in [2.05, 4.69) is 25.5 Å². The van der Waals surface area contributed by atoms with Crippen molar-refractivity contribution in [3.8, 4) is 11.6 Å². The molecular formula is C22H28N6O4S. The molecule has 0 unspecified atom stereocenters. The third kappa shape index (κ3) is 4.25. The first kappa shape index (κ1) is 22.0. The second kappa shape index (κ2) is 9.20. The number of urea groups is 1. The van der Waals surface area contributed by atoms with E-state index in [1.807, 2.05) is 12.1 Å². The van der Waals surface area contributed by atoms with Gasteiger partial charge in [-0.15, -0.1) is 10.2 Å². The normalized spacial score (nSPS) is 20.9. The number of hydrogen-bond acceptors (Lipinski definition) is 7. The molecule has 3 heterocycles. The van der Waals surface area contributed by atoms with E-state index in [9.17, 15) is 14.4 Å². The molecule has 1 aliphatic heterocycles. The van der Waals surface area contributed by atoms with E-state index < -0.39 is 17.5 Å². The van der Waals surface area contributed by atoms with Gasteiger partial charge in [0.25, 0.3) is 5.91 Å². The molecule has 2 aliphatic carbocycles. The van der Waals surface area contributed by atoms with Crippen molar-refractivity contribution in [2.75, 3.05) is 5.75 Å². The highest BCUT2D eigenvalue weighted by atomic mass is 32.2. The van der Waals surface area contributed by atoms with Crippen molar-refractivity contribution < 1.29 is 18.8 Å². The lowest BCUT2D eigenvalue weighted by atomic mass is 9.82. The fraction of sp³-hybridized carbons (Fsp3) is 0.591. The first-order valence-electron chi connectivity index (χ1n) is 11.7. The highest BCUT2D eigenvalue weighted by Crippen LogP contribution is 2.36. The molecule has 33 heavy (non-hydrogen) atoms. The van der Waals surface area contributed by atoms with Gasteiger partial charge >= 0.3 is 6.03 Å². The van der Waals surface area contributed by atoms with Gasteiger partial charge in [-0.1, -0.05) is 50.3 Å². The number of amides is 4. The Morgan fingerprint density at radius 3 is 2.64 bits per heavy atom. The number of nitrogens with one attached hydrogen (secondary N) is 2. The van der Waals surface area contributed by atoms with E-state index in [1.54, 1.807) is 6.26 Å². The van der Waals surface area contributed by atoms with Crippen molar-refractivity contribution in [3.05, 3.63) is 18.4 Å². The van der Waals surface area contributed by atoms with Crippen LogP contribution in [0.2, 0.25) is 0 Å². The summed E-state index contributed by atoms with van der Waals surface area (Å²) in [6.07, 6.45) is 11.2. The number of nitrogens with zero attached hydrogens (tertiary/aromatic N) is 4. The zero-order valence-corrected chi connectivity index (χ0v) is 19.2. The van der Waals surface area contributed by atoms with Crippen LogP contribution in [0.25, 0.3) is 11.6 Å². The van der Waals surface area contributed by atoms with Crippen LogP contribution in [0, 0.1) is 0 Å². The van der Waals surface area contributed by atoms with E-state index in [0.717, 1.165) is 50.0 Å². The van der Waals surface area contributed by atoms with Gasteiger partial charge in [0.2, 0.25) is 11.7 Å². The summed E-state index contributed by atoms with van der Waals surface area (Å²) >= 11 is 1.25. The van der Waals surface area contributed by atoms with E-state index in [-0.39, 0.29) is 17.7 Å². The fourth-order valence-corrected chi connectivity index (χ4v) is 5.92. The molecule has 2 saturated carbocycles. The lowest BCUT2D eigenvalue weighted by Gasteiger charge is -2.30. The van der Waals surface area contributed by atoms with Crippen LogP contribution in [0.5, 0.6) is 0 Å². The summed E-state index contributed by atoms with van der Waals surface area (Å²) in [4.78, 5) is 38.0. The predicted octanol–water partition coefficient (Wildman–Crippen LogP) is 3.42. The molecule has 2 N–H and O–H groups in total. The highest BCUT2D eigenvalue weighted by Gasteiger charge is 2.52. The van der Waals surface area contributed by atoms with E-state index >= 15 is 0 Å². The molecule has 0 bridgehead atoms. The third-order valence-electron chi connectivity index (χ3n) is 6.78. The fourth-order valence-electron chi connectivity index (χ4n) is 5.12. The molecule has 3 fully saturated rings. The number of imide groups is 1. The van der Waals surface area contributed by atoms with Gasteiger partial charge in [0.1, 0.15) is 5.54 Å². The average molecular weight is 473 g/mol. The van der Waals surface area contributed by atoms with Crippen molar-refractivity contribution in [1.29, 1.82) is 0 Å². The second-order valence-corrected chi connectivity index (χ2v) is 9.92. The first-order valence-corrected chi connectivity index (χ1v) is 12.6. The molecule has 11 heteroatoms. The van der Waals surface area contributed by atoms with Gasteiger partial charge < -0.3 is 9.73 Å². The highest BCUT2D eigenvalue weighted by molar-refractivity contribution is 7.99. The number of rotatable bonds is 6. The lowest BCUT2D eigenvalue weighted by Crippen LogP contribution is -2.51. The molecule has 4 amide bonds. The monoisotopic (exact) mass is 472 g/mol. The molecule has 0 aromatic carbocycles. The summed E-state index contributed by atoms with van der Waals surface area (Å²) in [6.45, 7) is 0. The molecule has 2 aromatic rings. The van der Waals surface area contributed by atoms with Crippen LogP contribution in [-0.4, -0.2) is 48.9 Å². The maximum absolute atomic E-state index is 12.9. The van der Waals surface area contributed by atoms with Gasteiger partial charge in [0.05, 0.1) is 12.0 Å². The molecule has 176 valence electrons. The van der Waals surface area contributed by atoms with Crippen molar-refractivity contribution in [2.24, 2.45) is 0 Å². The van der Waals surface area contributed by atoms with Crippen LogP contribution in [0.1, 0.15) is 70.3 Å². The zero-order chi connectivity index (χ0) is 22.8. The van der Waals surface area contributed by atoms with Gasteiger partial charge in [-0.25, -0.2) is 4.79 Å². The van der Waals surface area contributed by atoms with Gasteiger partial charge in [0.15, 0.2) is 10.9 Å². The Kier molecular flexibility index (Phi) is 6.13. The van der Waals surface area contributed by atoms with Crippen molar-refractivity contribution in [3.63, 3.8) is 0 Å². The Labute approximate surface area is 195 Å². The molecule has 10 nitrogen and oxygen atoms in total. The Hall–Kier alpha value is -2.82. The van der Waals surface area contributed by atoms with E-state index in [1.165, 1.54) is 18.2 Å². The van der Waals surface area contributed by atoms with Gasteiger partial charge in [-0.05, 0) is 37.8 Å². The Bertz CT molecular complexity index is 1020. The molecule has 3 aliphatic rings. The van der Waals surface area contributed by atoms with Crippen LogP contribution in [0.3, 0.4) is 0 Å². The van der Waals surface area contributed by atoms with Gasteiger partial charge in [0, 0.05) is 6.04 Å². The number of hydrogen-bond donors (Lipinski definition) is 2. The number of aromatic nitrogens is 3. The minimum absolute atomic E-state index is 0.00701. The molecule has 0 atom stereocenters. The maximum Gasteiger partial charge on any atom is 0.344 e. The van der Waals surface area contributed by atoms with E-state index in [0.29, 0.717) is 29.6 Å². The molecule has 1 saturated heterocycles. The summed E-state index contributed by atoms with van der Waals surface area (Å²) in [5.74, 6) is 0.502. The number of carbonyl (C=O) groups is 3. The minimum Gasteiger partial charge on any atom is -0.461 e. The lowest BCUT2D eigenvalue weighted by molar-refractivity contribution is -0.139. The second-order valence-electron chi connectivity index (χ2n) is 8.98. The summed E-state index contributed by atoms with van der Waals surface area (Å²) in [5, 5.41) is 12.9. The van der Waals surface area contributed by atoms with Crippen molar-refractivity contribution in [2.45, 2.75) is 80.9 Å². The van der Waals surface area contributed by atoms with Crippen molar-refractivity contribution in [1.82, 2.24) is 30.5 Å². The average Bonchev–Trinajstić information content (AvgIpc) is 3.55. The number of hydrazine groups is 1. The third-order valence-corrected chi connectivity index (χ3v) is 7.73. The minimum atomic E-state index is -0.866. The SMILES string of the molecule is O=C(CSc1nnc(-c2ccco2)n1C1CCCCC1)NN1C(=O)NC2(CCCCC2)C1=O. The standard InChI is InChI=1S/C22H28N6O4S/c29-17(26-28-19(30)22(23-20(28)31)11-5-2-6-12-22)14-33-21-25-24-18(16-10-7-13-32-16)27(21)15-8-3-1-4-9-15/h7,10,13,15H,1-6,8-9,11-12,14H2,(H,23,31)(H,26,29). The molecule has 5 rings (SSSR count). The Morgan fingerprint density at radius 1 is 1.15 bits per heavy atom. The number of furan rings is 1. The summed E-state index contributed by atoms with van der Waals surface area (Å²) in [6, 6.07) is 3.35.